The number of nitrogens with zero attached hydrogens (tertiary/aromatic N) is 1. The smallest absolute Gasteiger partial charge is 0.254 e. The minimum absolute atomic E-state index is 0.312. The van der Waals surface area contributed by atoms with Gasteiger partial charge in [0.1, 0.15) is 17.1 Å². The molecular weight excluding hydrogens is 362 g/mol. The molecule has 1 aromatic carbocycles. The molecule has 0 saturated heterocycles. The number of fused-ring (bicyclic) bond motifs is 1. The van der Waals surface area contributed by atoms with E-state index in [1.165, 1.54) is 55.8 Å². The molecule has 1 fully saturated rings. The summed E-state index contributed by atoms with van der Waals surface area (Å²) in [5.74, 6) is 2.13. The van der Waals surface area contributed by atoms with Gasteiger partial charge in [-0.1, -0.05) is 31.4 Å². The Morgan fingerprint density at radius 1 is 1.07 bits per heavy atom. The molecule has 2 aliphatic carbocycles. The summed E-state index contributed by atoms with van der Waals surface area (Å²) in [5.41, 5.74) is 8.42. The molecule has 0 aliphatic heterocycles. The van der Waals surface area contributed by atoms with Crippen molar-refractivity contribution >= 4 is 5.91 Å². The number of nitrogens with two attached hydrogens (primary N) is 1. The minimum atomic E-state index is -0.525. The Morgan fingerprint density at radius 3 is 2.76 bits per heavy atom. The quantitative estimate of drug-likeness (QED) is 0.723. The lowest BCUT2D eigenvalue weighted by atomic mass is 9.82. The molecule has 3 N–H and O–H groups in total. The normalized spacial score (nSPS) is 19.5. The van der Waals surface area contributed by atoms with Gasteiger partial charge in [0.05, 0.1) is 0 Å². The van der Waals surface area contributed by atoms with Crippen LogP contribution in [0, 0.1) is 5.92 Å². The molecule has 2 aliphatic rings. The van der Waals surface area contributed by atoms with E-state index in [4.69, 9.17) is 10.5 Å². The zero-order chi connectivity index (χ0) is 20.1. The van der Waals surface area contributed by atoms with Crippen molar-refractivity contribution in [3.05, 3.63) is 53.3 Å². The number of ether oxygens (including phenoxy) is 1. The average Bonchev–Trinajstić information content (AvgIpc) is 2.75. The first-order valence-electron chi connectivity index (χ1n) is 11.0. The lowest BCUT2D eigenvalue weighted by Crippen LogP contribution is -2.29. The van der Waals surface area contributed by atoms with Crippen LogP contribution in [-0.4, -0.2) is 24.0 Å². The van der Waals surface area contributed by atoms with E-state index in [0.717, 1.165) is 37.6 Å². The monoisotopic (exact) mass is 393 g/mol. The van der Waals surface area contributed by atoms with Gasteiger partial charge in [0, 0.05) is 18.9 Å². The molecule has 1 amide bonds. The first-order valence-corrected chi connectivity index (χ1v) is 11.0. The van der Waals surface area contributed by atoms with Gasteiger partial charge in [-0.05, 0) is 73.7 Å². The summed E-state index contributed by atoms with van der Waals surface area (Å²) in [4.78, 5) is 15.7. The fraction of sp³-hybridized carbons (Fsp3) is 0.500. The molecule has 1 atom stereocenters. The van der Waals surface area contributed by atoms with Gasteiger partial charge >= 0.3 is 0 Å². The average molecular weight is 394 g/mol. The third-order valence-electron chi connectivity index (χ3n) is 6.40. The number of aromatic nitrogens is 1. The Bertz CT molecular complexity index is 846. The first-order chi connectivity index (χ1) is 14.2. The molecule has 1 aromatic heterocycles. The number of primary amides is 1. The SMILES string of the molecule is NC(=O)c1cnccc1Oc1cccc2c1CCCC2CNCC1CCCCC1. The zero-order valence-corrected chi connectivity index (χ0v) is 17.0. The van der Waals surface area contributed by atoms with Crippen LogP contribution in [0.2, 0.25) is 0 Å². The molecule has 0 bridgehead atoms. The second kappa shape index (κ2) is 9.40. The Kier molecular flexibility index (Phi) is 6.45. The van der Waals surface area contributed by atoms with E-state index < -0.39 is 5.91 Å². The van der Waals surface area contributed by atoms with Crippen LogP contribution in [0.1, 0.15) is 72.3 Å². The maximum atomic E-state index is 11.7. The van der Waals surface area contributed by atoms with Crippen molar-refractivity contribution in [3.8, 4) is 11.5 Å². The number of pyridine rings is 1. The zero-order valence-electron chi connectivity index (χ0n) is 17.0. The number of hydrogen-bond donors (Lipinski definition) is 2. The molecule has 0 spiro atoms. The van der Waals surface area contributed by atoms with E-state index in [1.807, 2.05) is 6.07 Å². The summed E-state index contributed by atoms with van der Waals surface area (Å²) in [6.07, 6.45) is 13.4. The predicted octanol–water partition coefficient (Wildman–Crippen LogP) is 4.56. The maximum Gasteiger partial charge on any atom is 0.254 e. The van der Waals surface area contributed by atoms with Crippen LogP contribution in [0.4, 0.5) is 0 Å². The first kappa shape index (κ1) is 19.9. The highest BCUT2D eigenvalue weighted by molar-refractivity contribution is 5.95. The Labute approximate surface area is 173 Å². The third-order valence-corrected chi connectivity index (χ3v) is 6.40. The van der Waals surface area contributed by atoms with Crippen molar-refractivity contribution in [1.29, 1.82) is 0 Å². The number of amides is 1. The Balaban J connectivity index is 1.47. The van der Waals surface area contributed by atoms with E-state index in [0.29, 0.717) is 17.2 Å². The van der Waals surface area contributed by atoms with Crippen molar-refractivity contribution in [1.82, 2.24) is 10.3 Å². The summed E-state index contributed by atoms with van der Waals surface area (Å²) < 4.78 is 6.16. The number of hydrogen-bond acceptors (Lipinski definition) is 4. The van der Waals surface area contributed by atoms with Crippen molar-refractivity contribution in [3.63, 3.8) is 0 Å². The van der Waals surface area contributed by atoms with Gasteiger partial charge in [0.2, 0.25) is 0 Å². The van der Waals surface area contributed by atoms with Gasteiger partial charge in [-0.25, -0.2) is 0 Å². The lowest BCUT2D eigenvalue weighted by molar-refractivity contribution is 0.0997. The molecule has 4 rings (SSSR count). The van der Waals surface area contributed by atoms with E-state index in [1.54, 1.807) is 12.3 Å². The predicted molar refractivity (Wildman–Crippen MR) is 114 cm³/mol. The fourth-order valence-corrected chi connectivity index (χ4v) is 4.85. The van der Waals surface area contributed by atoms with Gasteiger partial charge in [-0.15, -0.1) is 0 Å². The van der Waals surface area contributed by atoms with Crippen LogP contribution < -0.4 is 15.8 Å². The standard InChI is InChI=1S/C24H31N3O2/c25-24(28)21-16-26-13-12-23(21)29-22-11-5-9-19-18(8-4-10-20(19)22)15-27-14-17-6-2-1-3-7-17/h5,9,11-13,16-18,27H,1-4,6-8,10,14-15H2,(H2,25,28). The minimum Gasteiger partial charge on any atom is -0.456 e. The van der Waals surface area contributed by atoms with Gasteiger partial charge in [0.15, 0.2) is 0 Å². The summed E-state index contributed by atoms with van der Waals surface area (Å²) in [6.45, 7) is 2.16. The molecule has 29 heavy (non-hydrogen) atoms. The van der Waals surface area contributed by atoms with Crippen LogP contribution in [-0.2, 0) is 6.42 Å². The highest BCUT2D eigenvalue weighted by Crippen LogP contribution is 2.38. The second-order valence-corrected chi connectivity index (χ2v) is 8.41. The highest BCUT2D eigenvalue weighted by atomic mass is 16.5. The van der Waals surface area contributed by atoms with Crippen LogP contribution >= 0.6 is 0 Å². The topological polar surface area (TPSA) is 77.2 Å². The summed E-state index contributed by atoms with van der Waals surface area (Å²) in [5, 5.41) is 3.75. The van der Waals surface area contributed by atoms with E-state index in [2.05, 4.69) is 22.4 Å². The molecule has 154 valence electrons. The molecule has 0 radical (unpaired) electrons. The molecular formula is C24H31N3O2. The van der Waals surface area contributed by atoms with Crippen LogP contribution in [0.3, 0.4) is 0 Å². The van der Waals surface area contributed by atoms with Crippen LogP contribution in [0.5, 0.6) is 11.5 Å². The number of carbonyl (C=O) groups excluding carboxylic acids is 1. The van der Waals surface area contributed by atoms with Crippen molar-refractivity contribution in [2.24, 2.45) is 11.7 Å². The van der Waals surface area contributed by atoms with Crippen molar-refractivity contribution < 1.29 is 9.53 Å². The number of nitrogens with one attached hydrogen (secondary N) is 1. The van der Waals surface area contributed by atoms with E-state index in [9.17, 15) is 4.79 Å². The van der Waals surface area contributed by atoms with Gasteiger partial charge in [-0.2, -0.15) is 0 Å². The fourth-order valence-electron chi connectivity index (χ4n) is 4.85. The molecule has 2 aromatic rings. The molecule has 1 unspecified atom stereocenters. The van der Waals surface area contributed by atoms with Gasteiger partial charge in [0.25, 0.3) is 5.91 Å². The largest absolute Gasteiger partial charge is 0.456 e. The van der Waals surface area contributed by atoms with Crippen molar-refractivity contribution in [2.45, 2.75) is 57.3 Å². The van der Waals surface area contributed by atoms with E-state index in [-0.39, 0.29) is 0 Å². The summed E-state index contributed by atoms with van der Waals surface area (Å²) in [6, 6.07) is 7.97. The summed E-state index contributed by atoms with van der Waals surface area (Å²) in [7, 11) is 0. The molecule has 1 saturated carbocycles. The third kappa shape index (κ3) is 4.78. The molecule has 1 heterocycles. The number of carbonyl (C=O) groups is 1. The van der Waals surface area contributed by atoms with Gasteiger partial charge < -0.3 is 15.8 Å². The molecule has 5 nitrogen and oxygen atoms in total. The second-order valence-electron chi connectivity index (χ2n) is 8.41. The van der Waals surface area contributed by atoms with Crippen LogP contribution in [0.15, 0.2) is 36.7 Å². The van der Waals surface area contributed by atoms with Crippen molar-refractivity contribution in [2.75, 3.05) is 13.1 Å². The van der Waals surface area contributed by atoms with Crippen LogP contribution in [0.25, 0.3) is 0 Å². The lowest BCUT2D eigenvalue weighted by Gasteiger charge is -2.29. The van der Waals surface area contributed by atoms with Gasteiger partial charge in [-0.3, -0.25) is 9.78 Å². The maximum absolute atomic E-state index is 11.7. The number of benzene rings is 1. The molecule has 5 heteroatoms. The van der Waals surface area contributed by atoms with E-state index >= 15 is 0 Å². The summed E-state index contributed by atoms with van der Waals surface area (Å²) >= 11 is 0. The number of rotatable bonds is 7. The highest BCUT2D eigenvalue weighted by Gasteiger charge is 2.24. The Hall–Kier alpha value is -2.40. The Morgan fingerprint density at radius 2 is 1.93 bits per heavy atom.